The van der Waals surface area contributed by atoms with Gasteiger partial charge in [-0.15, -0.1) is 11.3 Å². The molecular weight excluding hydrogens is 360 g/mol. The fourth-order valence-electron chi connectivity index (χ4n) is 2.79. The summed E-state index contributed by atoms with van der Waals surface area (Å²) in [6.45, 7) is 4.01. The Morgan fingerprint density at radius 3 is 2.41 bits per heavy atom. The summed E-state index contributed by atoms with van der Waals surface area (Å²) in [6.07, 6.45) is 0.267. The van der Waals surface area contributed by atoms with E-state index in [0.29, 0.717) is 17.2 Å². The van der Waals surface area contributed by atoms with Crippen LogP contribution in [0, 0.1) is 13.8 Å². The smallest absolute Gasteiger partial charge is 0.229 e. The van der Waals surface area contributed by atoms with Crippen LogP contribution in [0.25, 0.3) is 11.3 Å². The third kappa shape index (κ3) is 4.46. The maximum absolute atomic E-state index is 12.6. The number of benzene rings is 2. The van der Waals surface area contributed by atoms with Gasteiger partial charge in [0.25, 0.3) is 0 Å². The number of aryl methyl sites for hydroxylation is 2. The van der Waals surface area contributed by atoms with Gasteiger partial charge >= 0.3 is 0 Å². The highest BCUT2D eigenvalue weighted by Gasteiger charge is 2.15. The average molecular weight is 382 g/mol. The highest BCUT2D eigenvalue weighted by atomic mass is 32.1. The number of hydrogen-bond donors (Lipinski definition) is 1. The standard InChI is InChI=1S/C21H22N2O3S/c1-13-5-7-15(8-6-13)21-19(27-14(2)22-21)12-20(24)23-16-9-10-17(25-3)18(11-16)26-4/h5-11H,12H2,1-4H3,(H,23,24). The summed E-state index contributed by atoms with van der Waals surface area (Å²) in [5, 5.41) is 3.86. The van der Waals surface area contributed by atoms with Gasteiger partial charge in [0.1, 0.15) is 0 Å². The number of nitrogens with zero attached hydrogens (tertiary/aromatic N) is 1. The van der Waals surface area contributed by atoms with E-state index in [2.05, 4.69) is 22.4 Å². The molecule has 27 heavy (non-hydrogen) atoms. The number of thiazole rings is 1. The van der Waals surface area contributed by atoms with E-state index < -0.39 is 0 Å². The van der Waals surface area contributed by atoms with Crippen molar-refractivity contribution in [2.24, 2.45) is 0 Å². The first-order valence-electron chi connectivity index (χ1n) is 8.55. The largest absolute Gasteiger partial charge is 0.493 e. The maximum atomic E-state index is 12.6. The van der Waals surface area contributed by atoms with Gasteiger partial charge < -0.3 is 14.8 Å². The molecule has 2 aromatic carbocycles. The van der Waals surface area contributed by atoms with Gasteiger partial charge in [-0.25, -0.2) is 4.98 Å². The Hall–Kier alpha value is -2.86. The lowest BCUT2D eigenvalue weighted by Gasteiger charge is -2.10. The summed E-state index contributed by atoms with van der Waals surface area (Å²) in [7, 11) is 3.15. The molecule has 3 aromatic rings. The van der Waals surface area contributed by atoms with Crippen LogP contribution in [-0.4, -0.2) is 25.1 Å². The molecule has 0 fully saturated rings. The van der Waals surface area contributed by atoms with Gasteiger partial charge in [0.2, 0.25) is 5.91 Å². The fraction of sp³-hybridized carbons (Fsp3) is 0.238. The minimum Gasteiger partial charge on any atom is -0.493 e. The Balaban J connectivity index is 1.78. The highest BCUT2D eigenvalue weighted by molar-refractivity contribution is 7.12. The normalized spacial score (nSPS) is 10.5. The second-order valence-electron chi connectivity index (χ2n) is 6.17. The number of hydrogen-bond acceptors (Lipinski definition) is 5. The number of anilines is 1. The molecule has 1 aromatic heterocycles. The molecule has 0 saturated heterocycles. The molecule has 1 heterocycles. The summed E-state index contributed by atoms with van der Waals surface area (Å²) in [5.41, 5.74) is 3.76. The fourth-order valence-corrected chi connectivity index (χ4v) is 3.75. The molecule has 0 aliphatic heterocycles. The van der Waals surface area contributed by atoms with E-state index in [0.717, 1.165) is 21.1 Å². The zero-order valence-corrected chi connectivity index (χ0v) is 16.6. The number of amides is 1. The SMILES string of the molecule is COc1ccc(NC(=O)Cc2sc(C)nc2-c2ccc(C)cc2)cc1OC. The first-order chi connectivity index (χ1) is 13.0. The number of aromatic nitrogens is 1. The first kappa shape index (κ1) is 18.9. The molecule has 1 amide bonds. The zero-order chi connectivity index (χ0) is 19.4. The van der Waals surface area contributed by atoms with E-state index in [9.17, 15) is 4.79 Å². The molecule has 0 bridgehead atoms. The van der Waals surface area contributed by atoms with Gasteiger partial charge in [-0.1, -0.05) is 29.8 Å². The van der Waals surface area contributed by atoms with Gasteiger partial charge in [-0.05, 0) is 26.0 Å². The molecule has 0 aliphatic rings. The zero-order valence-electron chi connectivity index (χ0n) is 15.8. The van der Waals surface area contributed by atoms with Gasteiger partial charge in [-0.2, -0.15) is 0 Å². The van der Waals surface area contributed by atoms with Crippen LogP contribution >= 0.6 is 11.3 Å². The molecule has 0 spiro atoms. The Kier molecular flexibility index (Phi) is 5.76. The number of rotatable bonds is 6. The van der Waals surface area contributed by atoms with Crippen LogP contribution in [0.5, 0.6) is 11.5 Å². The van der Waals surface area contributed by atoms with Crippen molar-refractivity contribution in [1.82, 2.24) is 4.98 Å². The summed E-state index contributed by atoms with van der Waals surface area (Å²) >= 11 is 1.55. The molecule has 0 unspecified atom stereocenters. The minimum atomic E-state index is -0.0979. The Bertz CT molecular complexity index is 949. The average Bonchev–Trinajstić information content (AvgIpc) is 3.02. The lowest BCUT2D eigenvalue weighted by molar-refractivity contribution is -0.115. The third-order valence-corrected chi connectivity index (χ3v) is 5.09. The van der Waals surface area contributed by atoms with Crippen LogP contribution in [-0.2, 0) is 11.2 Å². The van der Waals surface area contributed by atoms with E-state index in [4.69, 9.17) is 9.47 Å². The van der Waals surface area contributed by atoms with Crippen molar-refractivity contribution >= 4 is 22.9 Å². The quantitative estimate of drug-likeness (QED) is 0.675. The summed E-state index contributed by atoms with van der Waals surface area (Å²) in [5.74, 6) is 1.10. The molecule has 140 valence electrons. The van der Waals surface area contributed by atoms with Crippen molar-refractivity contribution < 1.29 is 14.3 Å². The van der Waals surface area contributed by atoms with E-state index >= 15 is 0 Å². The van der Waals surface area contributed by atoms with Crippen LogP contribution in [0.3, 0.4) is 0 Å². The van der Waals surface area contributed by atoms with Crippen LogP contribution in [0.4, 0.5) is 5.69 Å². The van der Waals surface area contributed by atoms with Gasteiger partial charge in [0.15, 0.2) is 11.5 Å². The summed E-state index contributed by atoms with van der Waals surface area (Å²) in [6, 6.07) is 13.5. The van der Waals surface area contributed by atoms with Crippen LogP contribution in [0.2, 0.25) is 0 Å². The van der Waals surface area contributed by atoms with Gasteiger partial charge in [0, 0.05) is 22.2 Å². The maximum Gasteiger partial charge on any atom is 0.229 e. The van der Waals surface area contributed by atoms with Crippen molar-refractivity contribution in [1.29, 1.82) is 0 Å². The predicted octanol–water partition coefficient (Wildman–Crippen LogP) is 4.63. The molecule has 0 saturated carbocycles. The van der Waals surface area contributed by atoms with Crippen molar-refractivity contribution in [2.45, 2.75) is 20.3 Å². The predicted molar refractivity (Wildman–Crippen MR) is 109 cm³/mol. The van der Waals surface area contributed by atoms with Crippen LogP contribution in [0.15, 0.2) is 42.5 Å². The van der Waals surface area contributed by atoms with E-state index in [1.54, 1.807) is 43.8 Å². The summed E-state index contributed by atoms with van der Waals surface area (Å²) in [4.78, 5) is 18.2. The van der Waals surface area contributed by atoms with Crippen molar-refractivity contribution in [3.8, 4) is 22.8 Å². The molecule has 0 radical (unpaired) electrons. The number of carbonyl (C=O) groups excluding carboxylic acids is 1. The monoisotopic (exact) mass is 382 g/mol. The Morgan fingerprint density at radius 1 is 1.04 bits per heavy atom. The van der Waals surface area contributed by atoms with Crippen molar-refractivity contribution in [2.75, 3.05) is 19.5 Å². The lowest BCUT2D eigenvalue weighted by Crippen LogP contribution is -2.14. The minimum absolute atomic E-state index is 0.0979. The molecule has 0 atom stereocenters. The molecule has 1 N–H and O–H groups in total. The van der Waals surface area contributed by atoms with Crippen molar-refractivity contribution in [3.05, 3.63) is 57.9 Å². The Labute approximate surface area is 163 Å². The van der Waals surface area contributed by atoms with Gasteiger partial charge in [0.05, 0.1) is 31.3 Å². The van der Waals surface area contributed by atoms with E-state index in [-0.39, 0.29) is 12.3 Å². The molecule has 0 aliphatic carbocycles. The number of methoxy groups -OCH3 is 2. The number of ether oxygens (including phenoxy) is 2. The number of carbonyl (C=O) groups is 1. The molecular formula is C21H22N2O3S. The summed E-state index contributed by atoms with van der Waals surface area (Å²) < 4.78 is 10.5. The topological polar surface area (TPSA) is 60.5 Å². The van der Waals surface area contributed by atoms with E-state index in [1.165, 1.54) is 5.56 Å². The van der Waals surface area contributed by atoms with E-state index in [1.807, 2.05) is 26.0 Å². The van der Waals surface area contributed by atoms with Crippen LogP contribution < -0.4 is 14.8 Å². The molecule has 6 heteroatoms. The van der Waals surface area contributed by atoms with Crippen molar-refractivity contribution in [3.63, 3.8) is 0 Å². The molecule has 5 nitrogen and oxygen atoms in total. The second-order valence-corrected chi connectivity index (χ2v) is 7.45. The third-order valence-electron chi connectivity index (χ3n) is 4.12. The van der Waals surface area contributed by atoms with Crippen LogP contribution in [0.1, 0.15) is 15.4 Å². The molecule has 3 rings (SSSR count). The lowest BCUT2D eigenvalue weighted by atomic mass is 10.1. The first-order valence-corrected chi connectivity index (χ1v) is 9.37. The second kappa shape index (κ2) is 8.22. The Morgan fingerprint density at radius 2 is 1.74 bits per heavy atom. The number of nitrogens with one attached hydrogen (secondary N) is 1. The highest BCUT2D eigenvalue weighted by Crippen LogP contribution is 2.31. The van der Waals surface area contributed by atoms with Gasteiger partial charge in [-0.3, -0.25) is 4.79 Å².